The summed E-state index contributed by atoms with van der Waals surface area (Å²) in [5.41, 5.74) is 5.87. The third-order valence-corrected chi connectivity index (χ3v) is 3.88. The molecule has 7 nitrogen and oxygen atoms in total. The van der Waals surface area contributed by atoms with Gasteiger partial charge < -0.3 is 11.1 Å². The van der Waals surface area contributed by atoms with Gasteiger partial charge in [-0.3, -0.25) is 19.8 Å². The molecule has 1 aromatic carbocycles. The average molecular weight is 292 g/mol. The minimum Gasteiger partial charge on any atom is -0.366 e. The molecule has 7 heteroatoms. The van der Waals surface area contributed by atoms with E-state index in [9.17, 15) is 14.9 Å². The Morgan fingerprint density at radius 2 is 2.33 bits per heavy atom. The SMILES string of the molecule is CN(Cc1ccc(C(N)=O)cc1[N+](=O)[O-])C1CCCNC1. The molecule has 2 rings (SSSR count). The lowest BCUT2D eigenvalue weighted by Gasteiger charge is -2.31. The number of primary amides is 1. The summed E-state index contributed by atoms with van der Waals surface area (Å²) in [4.78, 5) is 24.0. The van der Waals surface area contributed by atoms with E-state index in [2.05, 4.69) is 10.2 Å². The van der Waals surface area contributed by atoms with Gasteiger partial charge in [-0.1, -0.05) is 6.07 Å². The molecule has 114 valence electrons. The molecule has 0 aliphatic carbocycles. The number of rotatable bonds is 5. The molecule has 1 aliphatic rings. The van der Waals surface area contributed by atoms with E-state index >= 15 is 0 Å². The fourth-order valence-corrected chi connectivity index (χ4v) is 2.63. The number of nitro benzene ring substituents is 1. The Bertz CT molecular complexity index is 541. The highest BCUT2D eigenvalue weighted by atomic mass is 16.6. The van der Waals surface area contributed by atoms with E-state index in [1.165, 1.54) is 12.1 Å². The van der Waals surface area contributed by atoms with Gasteiger partial charge in [0.15, 0.2) is 0 Å². The highest BCUT2D eigenvalue weighted by molar-refractivity contribution is 5.93. The van der Waals surface area contributed by atoms with Crippen molar-refractivity contribution >= 4 is 11.6 Å². The van der Waals surface area contributed by atoms with Gasteiger partial charge in [-0.2, -0.15) is 0 Å². The van der Waals surface area contributed by atoms with Crippen molar-refractivity contribution in [1.29, 1.82) is 0 Å². The van der Waals surface area contributed by atoms with Gasteiger partial charge in [0.2, 0.25) is 5.91 Å². The maximum Gasteiger partial charge on any atom is 0.274 e. The molecule has 1 unspecified atom stereocenters. The second-order valence-corrected chi connectivity index (χ2v) is 5.38. The van der Waals surface area contributed by atoms with E-state index in [-0.39, 0.29) is 11.3 Å². The molecular formula is C14H20N4O3. The van der Waals surface area contributed by atoms with Crippen LogP contribution in [0.5, 0.6) is 0 Å². The zero-order valence-electron chi connectivity index (χ0n) is 12.0. The van der Waals surface area contributed by atoms with Crippen LogP contribution in [0.3, 0.4) is 0 Å². The van der Waals surface area contributed by atoms with E-state index in [0.29, 0.717) is 18.2 Å². The first kappa shape index (κ1) is 15.4. The number of piperidine rings is 1. The monoisotopic (exact) mass is 292 g/mol. The first-order chi connectivity index (χ1) is 9.99. The topological polar surface area (TPSA) is 102 Å². The molecule has 0 saturated carbocycles. The van der Waals surface area contributed by atoms with Crippen LogP contribution in [0.4, 0.5) is 5.69 Å². The zero-order chi connectivity index (χ0) is 15.4. The normalized spacial score (nSPS) is 18.7. The smallest absolute Gasteiger partial charge is 0.274 e. The predicted octanol–water partition coefficient (Wildman–Crippen LogP) is 0.877. The van der Waals surface area contributed by atoms with Gasteiger partial charge in [-0.25, -0.2) is 0 Å². The molecule has 1 amide bonds. The minimum absolute atomic E-state index is 0.0538. The summed E-state index contributed by atoms with van der Waals surface area (Å²) in [6.07, 6.45) is 2.19. The van der Waals surface area contributed by atoms with Crippen molar-refractivity contribution in [1.82, 2.24) is 10.2 Å². The number of carbonyl (C=O) groups is 1. The molecular weight excluding hydrogens is 272 g/mol. The number of amides is 1. The molecule has 0 spiro atoms. The van der Waals surface area contributed by atoms with Gasteiger partial charge in [0.25, 0.3) is 5.69 Å². The van der Waals surface area contributed by atoms with E-state index in [4.69, 9.17) is 5.73 Å². The number of benzene rings is 1. The Morgan fingerprint density at radius 3 is 2.90 bits per heavy atom. The van der Waals surface area contributed by atoms with Gasteiger partial charge in [0, 0.05) is 36.3 Å². The van der Waals surface area contributed by atoms with Crippen molar-refractivity contribution in [3.8, 4) is 0 Å². The Kier molecular flexibility index (Phi) is 4.87. The Morgan fingerprint density at radius 1 is 1.57 bits per heavy atom. The number of nitrogens with zero attached hydrogens (tertiary/aromatic N) is 2. The Labute approximate surface area is 123 Å². The van der Waals surface area contributed by atoms with Gasteiger partial charge in [0.05, 0.1) is 4.92 Å². The standard InChI is InChI=1S/C14H20N4O3/c1-17(12-3-2-6-16-8-12)9-11-5-4-10(14(15)19)7-13(11)18(20)21/h4-5,7,12,16H,2-3,6,8-9H2,1H3,(H2,15,19). The molecule has 1 fully saturated rings. The summed E-state index contributed by atoms with van der Waals surface area (Å²) in [5, 5.41) is 14.5. The second-order valence-electron chi connectivity index (χ2n) is 5.38. The summed E-state index contributed by atoms with van der Waals surface area (Å²) in [6, 6.07) is 4.78. The van der Waals surface area contributed by atoms with Crippen LogP contribution in [-0.2, 0) is 6.54 Å². The average Bonchev–Trinajstić information content (AvgIpc) is 2.48. The highest BCUT2D eigenvalue weighted by Gasteiger charge is 2.22. The van der Waals surface area contributed by atoms with Crippen molar-refractivity contribution in [3.63, 3.8) is 0 Å². The number of nitro groups is 1. The van der Waals surface area contributed by atoms with Crippen molar-refractivity contribution in [2.75, 3.05) is 20.1 Å². The van der Waals surface area contributed by atoms with Crippen LogP contribution in [0.1, 0.15) is 28.8 Å². The van der Waals surface area contributed by atoms with Gasteiger partial charge >= 0.3 is 0 Å². The molecule has 1 aliphatic heterocycles. The molecule has 1 atom stereocenters. The van der Waals surface area contributed by atoms with Crippen LogP contribution < -0.4 is 11.1 Å². The molecule has 1 saturated heterocycles. The first-order valence-corrected chi connectivity index (χ1v) is 6.97. The molecule has 1 heterocycles. The number of nitrogens with two attached hydrogens (primary N) is 1. The second kappa shape index (κ2) is 6.64. The van der Waals surface area contributed by atoms with E-state index in [0.717, 1.165) is 25.9 Å². The highest BCUT2D eigenvalue weighted by Crippen LogP contribution is 2.23. The quantitative estimate of drug-likeness (QED) is 0.619. The van der Waals surface area contributed by atoms with Crippen LogP contribution in [0.25, 0.3) is 0 Å². The summed E-state index contributed by atoms with van der Waals surface area (Å²) in [6.45, 7) is 2.39. The first-order valence-electron chi connectivity index (χ1n) is 6.97. The third kappa shape index (κ3) is 3.77. The van der Waals surface area contributed by atoms with E-state index < -0.39 is 10.8 Å². The number of hydrogen-bond donors (Lipinski definition) is 2. The van der Waals surface area contributed by atoms with Crippen LogP contribution in [0.15, 0.2) is 18.2 Å². The molecule has 0 radical (unpaired) electrons. The Balaban J connectivity index is 2.18. The number of likely N-dealkylation sites (N-methyl/N-ethyl adjacent to an activating group) is 1. The van der Waals surface area contributed by atoms with Gasteiger partial charge in [0.1, 0.15) is 0 Å². The maximum atomic E-state index is 11.2. The fraction of sp³-hybridized carbons (Fsp3) is 0.500. The van der Waals surface area contributed by atoms with Crippen LogP contribution in [-0.4, -0.2) is 41.9 Å². The summed E-state index contributed by atoms with van der Waals surface area (Å²) in [7, 11) is 1.96. The fourth-order valence-electron chi connectivity index (χ4n) is 2.63. The van der Waals surface area contributed by atoms with Crippen molar-refractivity contribution in [3.05, 3.63) is 39.4 Å². The number of hydrogen-bond acceptors (Lipinski definition) is 5. The van der Waals surface area contributed by atoms with Crippen LogP contribution in [0.2, 0.25) is 0 Å². The summed E-state index contributed by atoms with van der Waals surface area (Å²) < 4.78 is 0. The lowest BCUT2D eigenvalue weighted by molar-refractivity contribution is -0.385. The lowest BCUT2D eigenvalue weighted by atomic mass is 10.0. The molecule has 0 aromatic heterocycles. The molecule has 21 heavy (non-hydrogen) atoms. The van der Waals surface area contributed by atoms with E-state index in [1.54, 1.807) is 6.07 Å². The minimum atomic E-state index is -0.658. The van der Waals surface area contributed by atoms with Crippen molar-refractivity contribution in [2.24, 2.45) is 5.73 Å². The van der Waals surface area contributed by atoms with Crippen molar-refractivity contribution < 1.29 is 9.72 Å². The van der Waals surface area contributed by atoms with Gasteiger partial charge in [-0.05, 0) is 32.5 Å². The summed E-state index contributed by atoms with van der Waals surface area (Å²) in [5.74, 6) is -0.658. The van der Waals surface area contributed by atoms with Crippen LogP contribution in [0, 0.1) is 10.1 Å². The maximum absolute atomic E-state index is 11.2. The Hall–Kier alpha value is -1.99. The van der Waals surface area contributed by atoms with Gasteiger partial charge in [-0.15, -0.1) is 0 Å². The lowest BCUT2D eigenvalue weighted by Crippen LogP contribution is -2.43. The van der Waals surface area contributed by atoms with Crippen LogP contribution >= 0.6 is 0 Å². The molecule has 3 N–H and O–H groups in total. The molecule has 0 bridgehead atoms. The molecule has 1 aromatic rings. The predicted molar refractivity (Wildman–Crippen MR) is 79.0 cm³/mol. The third-order valence-electron chi connectivity index (χ3n) is 3.88. The number of carbonyl (C=O) groups excluding carboxylic acids is 1. The summed E-state index contributed by atoms with van der Waals surface area (Å²) >= 11 is 0. The number of nitrogens with one attached hydrogen (secondary N) is 1. The van der Waals surface area contributed by atoms with E-state index in [1.807, 2.05) is 7.05 Å². The zero-order valence-corrected chi connectivity index (χ0v) is 12.0. The largest absolute Gasteiger partial charge is 0.366 e. The van der Waals surface area contributed by atoms with Crippen molar-refractivity contribution in [2.45, 2.75) is 25.4 Å².